The predicted octanol–water partition coefficient (Wildman–Crippen LogP) is 3.50. The average Bonchev–Trinajstić information content (AvgIpc) is 3.04. The second kappa shape index (κ2) is 6.08. The van der Waals surface area contributed by atoms with E-state index in [-0.39, 0.29) is 23.9 Å². The highest BCUT2D eigenvalue weighted by molar-refractivity contribution is 5.94. The lowest BCUT2D eigenvalue weighted by atomic mass is 9.89. The third-order valence-electron chi connectivity index (χ3n) is 4.34. The summed E-state index contributed by atoms with van der Waals surface area (Å²) in [5.41, 5.74) is 2.21. The number of rotatable bonds is 2. The van der Waals surface area contributed by atoms with E-state index in [1.54, 1.807) is 24.3 Å². The van der Waals surface area contributed by atoms with Gasteiger partial charge in [-0.05, 0) is 29.8 Å². The number of anilines is 1. The van der Waals surface area contributed by atoms with Gasteiger partial charge in [0, 0.05) is 18.4 Å². The second-order valence-electron chi connectivity index (χ2n) is 6.01. The number of carbonyl (C=O) groups is 1. The Morgan fingerprint density at radius 3 is 2.50 bits per heavy atom. The van der Waals surface area contributed by atoms with Crippen LogP contribution in [-0.4, -0.2) is 15.5 Å². The van der Waals surface area contributed by atoms with E-state index in [0.717, 1.165) is 11.6 Å². The van der Waals surface area contributed by atoms with E-state index < -0.39 is 11.6 Å². The maximum absolute atomic E-state index is 13.6. The quantitative estimate of drug-likeness (QED) is 0.769. The van der Waals surface area contributed by atoms with Crippen molar-refractivity contribution in [3.05, 3.63) is 77.2 Å². The van der Waals surface area contributed by atoms with Gasteiger partial charge in [-0.1, -0.05) is 12.1 Å². The standard InChI is InChI=1S/C19H12F2N4O/c20-13-5-14(21)7-15(6-13)25-10-23-18-16(8-17(26)24-19(18)25)12-3-1-11(9-22)2-4-12/h1-7,10,16H,8H2,(H,24,26)/t16-/m0/s1. The summed E-state index contributed by atoms with van der Waals surface area (Å²) in [5, 5.41) is 11.7. The Labute approximate surface area is 147 Å². The lowest BCUT2D eigenvalue weighted by molar-refractivity contribution is -0.116. The topological polar surface area (TPSA) is 70.7 Å². The summed E-state index contributed by atoms with van der Waals surface area (Å²) in [6.07, 6.45) is 1.63. The van der Waals surface area contributed by atoms with Crippen LogP contribution in [0.5, 0.6) is 0 Å². The van der Waals surface area contributed by atoms with Gasteiger partial charge >= 0.3 is 0 Å². The Morgan fingerprint density at radius 2 is 1.85 bits per heavy atom. The number of carbonyl (C=O) groups excluding carboxylic acids is 1. The fourth-order valence-corrected chi connectivity index (χ4v) is 3.15. The number of hydrogen-bond donors (Lipinski definition) is 1. The molecule has 1 aliphatic rings. The molecule has 0 fully saturated rings. The lowest BCUT2D eigenvalue weighted by Crippen LogP contribution is -2.25. The van der Waals surface area contributed by atoms with Gasteiger partial charge in [-0.25, -0.2) is 13.8 Å². The highest BCUT2D eigenvalue weighted by atomic mass is 19.1. The van der Waals surface area contributed by atoms with Crippen molar-refractivity contribution in [3.8, 4) is 11.8 Å². The number of nitrogens with one attached hydrogen (secondary N) is 1. The van der Waals surface area contributed by atoms with Crippen molar-refractivity contribution in [1.82, 2.24) is 9.55 Å². The van der Waals surface area contributed by atoms with Crippen molar-refractivity contribution in [1.29, 1.82) is 5.26 Å². The van der Waals surface area contributed by atoms with Gasteiger partial charge in [0.05, 0.1) is 23.0 Å². The first-order chi connectivity index (χ1) is 12.5. The molecular weight excluding hydrogens is 338 g/mol. The molecule has 1 atom stereocenters. The minimum absolute atomic E-state index is 0.202. The van der Waals surface area contributed by atoms with Gasteiger partial charge in [-0.2, -0.15) is 5.26 Å². The summed E-state index contributed by atoms with van der Waals surface area (Å²) in [6, 6.07) is 12.1. The first kappa shape index (κ1) is 16.0. The molecule has 5 nitrogen and oxygen atoms in total. The zero-order chi connectivity index (χ0) is 18.3. The van der Waals surface area contributed by atoms with Gasteiger partial charge in [0.25, 0.3) is 0 Å². The fraction of sp³-hybridized carbons (Fsp3) is 0.105. The highest BCUT2D eigenvalue weighted by Crippen LogP contribution is 2.37. The average molecular weight is 350 g/mol. The molecule has 0 unspecified atom stereocenters. The molecule has 2 heterocycles. The first-order valence-electron chi connectivity index (χ1n) is 7.89. The fourth-order valence-electron chi connectivity index (χ4n) is 3.15. The van der Waals surface area contributed by atoms with Crippen LogP contribution in [0.1, 0.15) is 29.2 Å². The molecule has 0 aliphatic carbocycles. The summed E-state index contributed by atoms with van der Waals surface area (Å²) < 4.78 is 28.6. The molecule has 7 heteroatoms. The molecule has 2 aromatic carbocycles. The van der Waals surface area contributed by atoms with Crippen molar-refractivity contribution in [2.75, 3.05) is 5.32 Å². The molecule has 0 bridgehead atoms. The number of hydrogen-bond acceptors (Lipinski definition) is 3. The van der Waals surface area contributed by atoms with E-state index in [1.165, 1.54) is 23.0 Å². The largest absolute Gasteiger partial charge is 0.310 e. The summed E-state index contributed by atoms with van der Waals surface area (Å²) in [5.74, 6) is -1.56. The zero-order valence-electron chi connectivity index (χ0n) is 13.4. The number of aromatic nitrogens is 2. The molecule has 128 valence electrons. The summed E-state index contributed by atoms with van der Waals surface area (Å²) in [6.45, 7) is 0. The minimum atomic E-state index is -0.715. The first-order valence-corrected chi connectivity index (χ1v) is 7.89. The van der Waals surface area contributed by atoms with Gasteiger partial charge in [0.15, 0.2) is 0 Å². The smallest absolute Gasteiger partial charge is 0.226 e. The van der Waals surface area contributed by atoms with E-state index in [0.29, 0.717) is 17.1 Å². The number of nitriles is 1. The normalized spacial score (nSPS) is 15.9. The Hall–Kier alpha value is -3.53. The molecule has 26 heavy (non-hydrogen) atoms. The second-order valence-corrected chi connectivity index (χ2v) is 6.01. The van der Waals surface area contributed by atoms with E-state index in [9.17, 15) is 13.6 Å². The molecule has 1 aliphatic heterocycles. The van der Waals surface area contributed by atoms with E-state index in [1.807, 2.05) is 0 Å². The monoisotopic (exact) mass is 350 g/mol. The maximum atomic E-state index is 13.6. The molecule has 1 amide bonds. The number of imidazole rings is 1. The van der Waals surface area contributed by atoms with Crippen LogP contribution in [0.15, 0.2) is 48.8 Å². The van der Waals surface area contributed by atoms with E-state index >= 15 is 0 Å². The van der Waals surface area contributed by atoms with Gasteiger partial charge < -0.3 is 5.32 Å². The Kier molecular flexibility index (Phi) is 3.73. The molecule has 0 spiro atoms. The Bertz CT molecular complexity index is 1030. The zero-order valence-corrected chi connectivity index (χ0v) is 13.4. The number of fused-ring (bicyclic) bond motifs is 1. The van der Waals surface area contributed by atoms with Crippen LogP contribution in [0.2, 0.25) is 0 Å². The van der Waals surface area contributed by atoms with Crippen molar-refractivity contribution in [2.24, 2.45) is 0 Å². The highest BCUT2D eigenvalue weighted by Gasteiger charge is 2.31. The molecule has 1 N–H and O–H groups in total. The predicted molar refractivity (Wildman–Crippen MR) is 89.7 cm³/mol. The summed E-state index contributed by atoms with van der Waals surface area (Å²) in [7, 11) is 0. The Balaban J connectivity index is 1.81. The van der Waals surface area contributed by atoms with E-state index in [2.05, 4.69) is 16.4 Å². The maximum Gasteiger partial charge on any atom is 0.226 e. The lowest BCUT2D eigenvalue weighted by Gasteiger charge is -2.23. The number of halogens is 2. The molecule has 3 aromatic rings. The van der Waals surface area contributed by atoms with Crippen LogP contribution < -0.4 is 5.32 Å². The van der Waals surface area contributed by atoms with Crippen molar-refractivity contribution >= 4 is 11.7 Å². The Morgan fingerprint density at radius 1 is 1.15 bits per heavy atom. The minimum Gasteiger partial charge on any atom is -0.310 e. The number of benzene rings is 2. The molecule has 0 saturated heterocycles. The molecule has 1 aromatic heterocycles. The molecule has 0 saturated carbocycles. The number of nitrogens with zero attached hydrogens (tertiary/aromatic N) is 3. The molecular formula is C19H12F2N4O. The summed E-state index contributed by atoms with van der Waals surface area (Å²) in [4.78, 5) is 16.6. The van der Waals surface area contributed by atoms with Gasteiger partial charge in [-0.15, -0.1) is 0 Å². The van der Waals surface area contributed by atoms with Crippen molar-refractivity contribution in [2.45, 2.75) is 12.3 Å². The van der Waals surface area contributed by atoms with Crippen LogP contribution in [0.3, 0.4) is 0 Å². The van der Waals surface area contributed by atoms with Crippen LogP contribution in [0.25, 0.3) is 5.69 Å². The molecule has 4 rings (SSSR count). The van der Waals surface area contributed by atoms with Gasteiger partial charge in [0.1, 0.15) is 23.8 Å². The van der Waals surface area contributed by atoms with E-state index in [4.69, 9.17) is 5.26 Å². The van der Waals surface area contributed by atoms with Crippen LogP contribution in [0.4, 0.5) is 14.6 Å². The molecule has 0 radical (unpaired) electrons. The number of amides is 1. The van der Waals surface area contributed by atoms with Crippen LogP contribution in [0, 0.1) is 23.0 Å². The third-order valence-corrected chi connectivity index (χ3v) is 4.34. The van der Waals surface area contributed by atoms with Crippen LogP contribution in [-0.2, 0) is 4.79 Å². The van der Waals surface area contributed by atoms with Crippen molar-refractivity contribution in [3.63, 3.8) is 0 Å². The van der Waals surface area contributed by atoms with Crippen LogP contribution >= 0.6 is 0 Å². The third kappa shape index (κ3) is 2.71. The van der Waals surface area contributed by atoms with Gasteiger partial charge in [-0.3, -0.25) is 9.36 Å². The SMILES string of the molecule is N#Cc1ccc([C@@H]2CC(=O)Nc3c2ncn3-c2cc(F)cc(F)c2)cc1. The summed E-state index contributed by atoms with van der Waals surface area (Å²) >= 11 is 0. The van der Waals surface area contributed by atoms with Gasteiger partial charge in [0.2, 0.25) is 5.91 Å². The van der Waals surface area contributed by atoms with Crippen molar-refractivity contribution < 1.29 is 13.6 Å².